The van der Waals surface area contributed by atoms with Crippen molar-refractivity contribution in [2.45, 2.75) is 23.1 Å². The van der Waals surface area contributed by atoms with Crippen molar-refractivity contribution in [1.82, 2.24) is 14.8 Å². The molecule has 1 fully saturated rings. The van der Waals surface area contributed by atoms with Crippen molar-refractivity contribution in [1.29, 1.82) is 0 Å². The lowest BCUT2D eigenvalue weighted by Crippen LogP contribution is -2.49. The molecule has 2 aliphatic rings. The molecular formula is C22H22N4O2S2. The minimum absolute atomic E-state index is 0.0571. The molecule has 30 heavy (non-hydrogen) atoms. The maximum atomic E-state index is 12.8. The van der Waals surface area contributed by atoms with E-state index in [1.807, 2.05) is 47.4 Å². The minimum atomic E-state index is -0.367. The normalized spacial score (nSPS) is 19.5. The Hall–Kier alpha value is -2.42. The van der Waals surface area contributed by atoms with Crippen LogP contribution in [0.1, 0.15) is 11.4 Å². The second kappa shape index (κ2) is 8.37. The summed E-state index contributed by atoms with van der Waals surface area (Å²) in [5.41, 5.74) is 1.89. The van der Waals surface area contributed by atoms with E-state index in [0.29, 0.717) is 13.1 Å². The molecule has 6 nitrogen and oxygen atoms in total. The van der Waals surface area contributed by atoms with Gasteiger partial charge in [0.15, 0.2) is 0 Å². The third-order valence-electron chi connectivity index (χ3n) is 5.49. The second-order valence-electron chi connectivity index (χ2n) is 7.53. The smallest absolute Gasteiger partial charge is 0.238 e. The number of amides is 2. The summed E-state index contributed by atoms with van der Waals surface area (Å²) in [6.07, 6.45) is 0.239. The molecule has 1 atom stereocenters. The lowest BCUT2D eigenvalue weighted by atomic mass is 10.2. The van der Waals surface area contributed by atoms with E-state index >= 15 is 0 Å². The van der Waals surface area contributed by atoms with E-state index in [0.717, 1.165) is 40.7 Å². The number of carbonyl (C=O) groups is 2. The van der Waals surface area contributed by atoms with E-state index < -0.39 is 0 Å². The van der Waals surface area contributed by atoms with Crippen LogP contribution in [0.3, 0.4) is 0 Å². The molecule has 2 aliphatic heterocycles. The Morgan fingerprint density at radius 3 is 2.67 bits per heavy atom. The van der Waals surface area contributed by atoms with Gasteiger partial charge in [-0.15, -0.1) is 23.1 Å². The number of piperazine rings is 1. The Labute approximate surface area is 183 Å². The molecule has 1 saturated heterocycles. The van der Waals surface area contributed by atoms with Gasteiger partial charge in [-0.1, -0.05) is 24.3 Å². The van der Waals surface area contributed by atoms with Crippen LogP contribution in [0.15, 0.2) is 53.4 Å². The number of benzene rings is 2. The summed E-state index contributed by atoms with van der Waals surface area (Å²) in [5, 5.41) is 3.67. The van der Waals surface area contributed by atoms with Crippen molar-refractivity contribution in [3.05, 3.63) is 53.5 Å². The van der Waals surface area contributed by atoms with Crippen molar-refractivity contribution in [3.63, 3.8) is 0 Å². The standard InChI is InChI=1S/C22H22N4O2S2/c27-21(13-19-22(28)24-16-6-2-3-7-17(16)29-19)26-11-9-25(10-12-26)14-20-23-15-5-1-4-8-18(15)30-20/h1-8,19H,9-14H2,(H,24,28). The van der Waals surface area contributed by atoms with Crippen LogP contribution in [-0.4, -0.2) is 58.0 Å². The van der Waals surface area contributed by atoms with Gasteiger partial charge < -0.3 is 10.2 Å². The first-order chi connectivity index (χ1) is 14.7. The average molecular weight is 439 g/mol. The van der Waals surface area contributed by atoms with Crippen LogP contribution in [0.4, 0.5) is 5.69 Å². The number of hydrogen-bond donors (Lipinski definition) is 1. The van der Waals surface area contributed by atoms with Gasteiger partial charge in [0.25, 0.3) is 0 Å². The molecule has 0 aliphatic carbocycles. The molecule has 3 heterocycles. The summed E-state index contributed by atoms with van der Waals surface area (Å²) in [5.74, 6) is -0.0248. The summed E-state index contributed by atoms with van der Waals surface area (Å²) < 4.78 is 1.21. The third-order valence-corrected chi connectivity index (χ3v) is 7.78. The number of para-hydroxylation sites is 2. The van der Waals surface area contributed by atoms with E-state index in [1.54, 1.807) is 11.3 Å². The van der Waals surface area contributed by atoms with Gasteiger partial charge in [0, 0.05) is 37.5 Å². The van der Waals surface area contributed by atoms with Crippen LogP contribution in [0.2, 0.25) is 0 Å². The number of anilines is 1. The Morgan fingerprint density at radius 1 is 1.07 bits per heavy atom. The van der Waals surface area contributed by atoms with Gasteiger partial charge in [-0.2, -0.15) is 0 Å². The molecule has 2 aromatic carbocycles. The molecule has 8 heteroatoms. The maximum absolute atomic E-state index is 12.8. The molecule has 1 unspecified atom stereocenters. The number of carbonyl (C=O) groups excluding carboxylic acids is 2. The predicted molar refractivity (Wildman–Crippen MR) is 121 cm³/mol. The fourth-order valence-electron chi connectivity index (χ4n) is 3.85. The Bertz CT molecular complexity index is 1060. The van der Waals surface area contributed by atoms with Crippen LogP contribution in [0.5, 0.6) is 0 Å². The van der Waals surface area contributed by atoms with E-state index in [4.69, 9.17) is 4.98 Å². The molecule has 5 rings (SSSR count). The Balaban J connectivity index is 1.15. The minimum Gasteiger partial charge on any atom is -0.340 e. The second-order valence-corrected chi connectivity index (χ2v) is 9.89. The maximum Gasteiger partial charge on any atom is 0.238 e. The fourth-order valence-corrected chi connectivity index (χ4v) is 5.96. The van der Waals surface area contributed by atoms with Crippen LogP contribution < -0.4 is 5.32 Å². The highest BCUT2D eigenvalue weighted by Gasteiger charge is 2.31. The topological polar surface area (TPSA) is 65.5 Å². The number of nitrogens with zero attached hydrogens (tertiary/aromatic N) is 3. The van der Waals surface area contributed by atoms with Gasteiger partial charge in [-0.3, -0.25) is 14.5 Å². The zero-order chi connectivity index (χ0) is 20.5. The number of rotatable bonds is 4. The van der Waals surface area contributed by atoms with Crippen LogP contribution in [0, 0.1) is 0 Å². The zero-order valence-corrected chi connectivity index (χ0v) is 18.0. The lowest BCUT2D eigenvalue weighted by Gasteiger charge is -2.35. The molecular weight excluding hydrogens is 416 g/mol. The van der Waals surface area contributed by atoms with E-state index in [1.165, 1.54) is 16.5 Å². The van der Waals surface area contributed by atoms with Crippen LogP contribution in [-0.2, 0) is 16.1 Å². The number of thiazole rings is 1. The summed E-state index contributed by atoms with van der Waals surface area (Å²) in [4.78, 5) is 35.2. The highest BCUT2D eigenvalue weighted by atomic mass is 32.2. The van der Waals surface area contributed by atoms with Crippen molar-refractivity contribution in [3.8, 4) is 0 Å². The summed E-state index contributed by atoms with van der Waals surface area (Å²) in [6, 6.07) is 15.9. The predicted octanol–water partition coefficient (Wildman–Crippen LogP) is 3.44. The average Bonchev–Trinajstić information content (AvgIpc) is 3.17. The Kier molecular flexibility index (Phi) is 5.45. The van der Waals surface area contributed by atoms with E-state index in [-0.39, 0.29) is 23.5 Å². The van der Waals surface area contributed by atoms with Crippen molar-refractivity contribution in [2.75, 3.05) is 31.5 Å². The van der Waals surface area contributed by atoms with Gasteiger partial charge in [-0.25, -0.2) is 4.98 Å². The molecule has 2 amide bonds. The van der Waals surface area contributed by atoms with E-state index in [2.05, 4.69) is 16.3 Å². The van der Waals surface area contributed by atoms with Gasteiger partial charge >= 0.3 is 0 Å². The Morgan fingerprint density at radius 2 is 1.83 bits per heavy atom. The molecule has 0 radical (unpaired) electrons. The number of fused-ring (bicyclic) bond motifs is 2. The molecule has 0 bridgehead atoms. The zero-order valence-electron chi connectivity index (χ0n) is 16.4. The summed E-state index contributed by atoms with van der Waals surface area (Å²) >= 11 is 3.22. The van der Waals surface area contributed by atoms with E-state index in [9.17, 15) is 9.59 Å². The highest BCUT2D eigenvalue weighted by molar-refractivity contribution is 8.01. The van der Waals surface area contributed by atoms with Crippen molar-refractivity contribution >= 4 is 50.8 Å². The van der Waals surface area contributed by atoms with Crippen molar-refractivity contribution in [2.24, 2.45) is 0 Å². The van der Waals surface area contributed by atoms with Crippen molar-refractivity contribution < 1.29 is 9.59 Å². The molecule has 1 aromatic heterocycles. The molecule has 0 saturated carbocycles. The number of hydrogen-bond acceptors (Lipinski definition) is 6. The number of thioether (sulfide) groups is 1. The van der Waals surface area contributed by atoms with Gasteiger partial charge in [0.2, 0.25) is 11.8 Å². The fraction of sp³-hybridized carbons (Fsp3) is 0.318. The molecule has 1 N–H and O–H groups in total. The van der Waals surface area contributed by atoms with Gasteiger partial charge in [-0.05, 0) is 24.3 Å². The van der Waals surface area contributed by atoms with Crippen LogP contribution in [0.25, 0.3) is 10.2 Å². The number of aromatic nitrogens is 1. The number of nitrogens with one attached hydrogen (secondary N) is 1. The quantitative estimate of drug-likeness (QED) is 0.676. The highest BCUT2D eigenvalue weighted by Crippen LogP contribution is 2.36. The largest absolute Gasteiger partial charge is 0.340 e. The third kappa shape index (κ3) is 4.08. The van der Waals surface area contributed by atoms with Gasteiger partial charge in [0.1, 0.15) is 5.01 Å². The van der Waals surface area contributed by atoms with Crippen LogP contribution >= 0.6 is 23.1 Å². The monoisotopic (exact) mass is 438 g/mol. The summed E-state index contributed by atoms with van der Waals surface area (Å²) in [7, 11) is 0. The molecule has 0 spiro atoms. The first-order valence-corrected chi connectivity index (χ1v) is 11.8. The first-order valence-electron chi connectivity index (χ1n) is 10.1. The SMILES string of the molecule is O=C1Nc2ccccc2SC1CC(=O)N1CCN(Cc2nc3ccccc3s2)CC1. The first kappa shape index (κ1) is 19.5. The van der Waals surface area contributed by atoms with Gasteiger partial charge in [0.05, 0.1) is 27.7 Å². The molecule has 154 valence electrons. The summed E-state index contributed by atoms with van der Waals surface area (Å²) in [6.45, 7) is 3.86. The molecule has 3 aromatic rings. The lowest BCUT2D eigenvalue weighted by molar-refractivity contribution is -0.134.